The Balaban J connectivity index is 2.11. The number of hydrogen-bond acceptors (Lipinski definition) is 2. The topological polar surface area (TPSA) is 21.3 Å². The Kier molecular flexibility index (Phi) is 4.94. The van der Waals surface area contributed by atoms with Crippen LogP contribution >= 0.6 is 23.2 Å². The summed E-state index contributed by atoms with van der Waals surface area (Å²) >= 11 is 12.1. The molecule has 2 nitrogen and oxygen atoms in total. The zero-order valence-electron chi connectivity index (χ0n) is 10.6. The molecule has 0 amide bonds. The Bertz CT molecular complexity index is 520. The van der Waals surface area contributed by atoms with Crippen LogP contribution in [0.5, 0.6) is 11.5 Å². The summed E-state index contributed by atoms with van der Waals surface area (Å²) in [6.07, 6.45) is 1.09. The smallest absolute Gasteiger partial charge is 0.164 e. The zero-order chi connectivity index (χ0) is 13.7. The van der Waals surface area contributed by atoms with Crippen molar-refractivity contribution in [2.45, 2.75) is 13.3 Å². The highest BCUT2D eigenvalue weighted by molar-refractivity contribution is 6.37. The van der Waals surface area contributed by atoms with Gasteiger partial charge in [-0.1, -0.05) is 36.2 Å². The molecule has 0 aliphatic carbocycles. The lowest BCUT2D eigenvalue weighted by Crippen LogP contribution is -1.98. The molecule has 100 valence electrons. The Morgan fingerprint density at radius 3 is 2.21 bits per heavy atom. The van der Waals surface area contributed by atoms with E-state index >= 15 is 0 Å². The van der Waals surface area contributed by atoms with E-state index in [0.717, 1.165) is 18.7 Å². The molecule has 2 aromatic rings. The van der Waals surface area contributed by atoms with Crippen molar-refractivity contribution in [1.82, 2.24) is 0 Å². The molecule has 19 heavy (non-hydrogen) atoms. The van der Waals surface area contributed by atoms with Gasteiger partial charge < -0.3 is 10.1 Å². The van der Waals surface area contributed by atoms with Gasteiger partial charge in [-0.25, -0.2) is 0 Å². The van der Waals surface area contributed by atoms with Crippen LogP contribution in [0.2, 0.25) is 10.0 Å². The van der Waals surface area contributed by atoms with Crippen molar-refractivity contribution in [2.75, 3.05) is 11.9 Å². The Labute approximate surface area is 123 Å². The fraction of sp³-hybridized carbons (Fsp3) is 0.200. The van der Waals surface area contributed by atoms with Gasteiger partial charge in [0.15, 0.2) is 5.75 Å². The summed E-state index contributed by atoms with van der Waals surface area (Å²) in [5.74, 6) is 1.19. The Morgan fingerprint density at radius 1 is 1.00 bits per heavy atom. The molecule has 1 N–H and O–H groups in total. The van der Waals surface area contributed by atoms with Gasteiger partial charge in [0.25, 0.3) is 0 Å². The Morgan fingerprint density at radius 2 is 1.63 bits per heavy atom. The molecule has 0 saturated carbocycles. The van der Waals surface area contributed by atoms with Gasteiger partial charge in [0.1, 0.15) is 5.75 Å². The van der Waals surface area contributed by atoms with Gasteiger partial charge >= 0.3 is 0 Å². The summed E-state index contributed by atoms with van der Waals surface area (Å²) in [6, 6.07) is 13.0. The highest BCUT2D eigenvalue weighted by Gasteiger charge is 2.07. The molecule has 0 saturated heterocycles. The minimum atomic E-state index is 0.486. The maximum absolute atomic E-state index is 6.06. The number of rotatable bonds is 5. The van der Waals surface area contributed by atoms with Crippen LogP contribution in [0.25, 0.3) is 0 Å². The first kappa shape index (κ1) is 14.0. The Hall–Kier alpha value is -1.38. The van der Waals surface area contributed by atoms with Gasteiger partial charge in [-0.2, -0.15) is 0 Å². The van der Waals surface area contributed by atoms with Crippen LogP contribution < -0.4 is 10.1 Å². The van der Waals surface area contributed by atoms with Crippen molar-refractivity contribution in [1.29, 1.82) is 0 Å². The SMILES string of the molecule is CCCNc1ccc(Oc2c(Cl)cccc2Cl)cc1. The number of halogens is 2. The van der Waals surface area contributed by atoms with Crippen LogP contribution in [0.15, 0.2) is 42.5 Å². The molecule has 0 spiro atoms. The standard InChI is InChI=1S/C15H15Cl2NO/c1-2-10-18-11-6-8-12(9-7-11)19-15-13(16)4-3-5-14(15)17/h3-9,18H,2,10H2,1H3. The third-order valence-corrected chi connectivity index (χ3v) is 3.17. The maximum atomic E-state index is 6.06. The summed E-state index contributed by atoms with van der Waals surface area (Å²) in [5, 5.41) is 4.30. The minimum absolute atomic E-state index is 0.486. The van der Waals surface area contributed by atoms with Crippen LogP contribution in [0.1, 0.15) is 13.3 Å². The van der Waals surface area contributed by atoms with E-state index in [1.54, 1.807) is 18.2 Å². The molecule has 0 unspecified atom stereocenters. The minimum Gasteiger partial charge on any atom is -0.454 e. The molecular formula is C15H15Cl2NO. The van der Waals surface area contributed by atoms with E-state index in [1.807, 2.05) is 24.3 Å². The van der Waals surface area contributed by atoms with Gasteiger partial charge in [0.05, 0.1) is 10.0 Å². The quantitative estimate of drug-likeness (QED) is 0.774. The molecule has 4 heteroatoms. The van der Waals surface area contributed by atoms with Crippen molar-refractivity contribution < 1.29 is 4.74 Å². The van der Waals surface area contributed by atoms with Gasteiger partial charge in [-0.15, -0.1) is 0 Å². The molecule has 0 atom stereocenters. The van der Waals surface area contributed by atoms with Crippen LogP contribution in [0.4, 0.5) is 5.69 Å². The number of anilines is 1. The fourth-order valence-electron chi connectivity index (χ4n) is 1.61. The van der Waals surface area contributed by atoms with E-state index in [0.29, 0.717) is 21.5 Å². The predicted octanol–water partition coefficient (Wildman–Crippen LogP) is 5.61. The highest BCUT2D eigenvalue weighted by Crippen LogP contribution is 2.36. The predicted molar refractivity (Wildman–Crippen MR) is 81.8 cm³/mol. The molecule has 2 aromatic carbocycles. The lowest BCUT2D eigenvalue weighted by molar-refractivity contribution is 0.483. The second-order valence-electron chi connectivity index (χ2n) is 4.10. The highest BCUT2D eigenvalue weighted by atomic mass is 35.5. The number of benzene rings is 2. The van der Waals surface area contributed by atoms with Gasteiger partial charge in [-0.3, -0.25) is 0 Å². The zero-order valence-corrected chi connectivity index (χ0v) is 12.1. The van der Waals surface area contributed by atoms with E-state index in [1.165, 1.54) is 0 Å². The number of hydrogen-bond donors (Lipinski definition) is 1. The van der Waals surface area contributed by atoms with Crippen molar-refractivity contribution in [3.63, 3.8) is 0 Å². The largest absolute Gasteiger partial charge is 0.454 e. The van der Waals surface area contributed by atoms with Crippen molar-refractivity contribution in [3.05, 3.63) is 52.5 Å². The second kappa shape index (κ2) is 6.69. The number of nitrogens with one attached hydrogen (secondary N) is 1. The second-order valence-corrected chi connectivity index (χ2v) is 4.92. The summed E-state index contributed by atoms with van der Waals surface area (Å²) in [7, 11) is 0. The first-order chi connectivity index (χ1) is 9.20. The summed E-state index contributed by atoms with van der Waals surface area (Å²) in [4.78, 5) is 0. The van der Waals surface area contributed by atoms with Crippen LogP contribution in [0.3, 0.4) is 0 Å². The van der Waals surface area contributed by atoms with E-state index in [-0.39, 0.29) is 0 Å². The molecule has 0 heterocycles. The maximum Gasteiger partial charge on any atom is 0.164 e. The average molecular weight is 296 g/mol. The third-order valence-electron chi connectivity index (χ3n) is 2.57. The van der Waals surface area contributed by atoms with Gasteiger partial charge in [0.2, 0.25) is 0 Å². The van der Waals surface area contributed by atoms with Crippen LogP contribution in [-0.4, -0.2) is 6.54 Å². The van der Waals surface area contributed by atoms with E-state index in [9.17, 15) is 0 Å². The van der Waals surface area contributed by atoms with Crippen LogP contribution in [-0.2, 0) is 0 Å². The lowest BCUT2D eigenvalue weighted by atomic mass is 10.3. The molecular weight excluding hydrogens is 281 g/mol. The van der Waals surface area contributed by atoms with Gasteiger partial charge in [0, 0.05) is 12.2 Å². The van der Waals surface area contributed by atoms with E-state index in [2.05, 4.69) is 12.2 Å². The van der Waals surface area contributed by atoms with E-state index < -0.39 is 0 Å². The first-order valence-corrected chi connectivity index (χ1v) is 6.92. The molecule has 0 fully saturated rings. The van der Waals surface area contributed by atoms with Gasteiger partial charge in [-0.05, 0) is 42.8 Å². The average Bonchev–Trinajstić information content (AvgIpc) is 2.42. The molecule has 0 aliphatic heterocycles. The molecule has 2 rings (SSSR count). The lowest BCUT2D eigenvalue weighted by Gasteiger charge is -2.10. The van der Waals surface area contributed by atoms with E-state index in [4.69, 9.17) is 27.9 Å². The summed E-state index contributed by atoms with van der Waals surface area (Å²) in [5.41, 5.74) is 1.07. The number of ether oxygens (including phenoxy) is 1. The van der Waals surface area contributed by atoms with Crippen molar-refractivity contribution >= 4 is 28.9 Å². The molecule has 0 bridgehead atoms. The third kappa shape index (κ3) is 3.79. The monoisotopic (exact) mass is 295 g/mol. The summed E-state index contributed by atoms with van der Waals surface area (Å²) < 4.78 is 5.71. The summed E-state index contributed by atoms with van der Waals surface area (Å²) in [6.45, 7) is 3.08. The number of para-hydroxylation sites is 1. The normalized spacial score (nSPS) is 10.3. The fourth-order valence-corrected chi connectivity index (χ4v) is 2.08. The molecule has 0 aliphatic rings. The van der Waals surface area contributed by atoms with Crippen molar-refractivity contribution in [2.24, 2.45) is 0 Å². The van der Waals surface area contributed by atoms with Crippen LogP contribution in [0, 0.1) is 0 Å². The first-order valence-electron chi connectivity index (χ1n) is 6.16. The molecule has 0 aromatic heterocycles. The molecule has 0 radical (unpaired) electrons. The van der Waals surface area contributed by atoms with Crippen molar-refractivity contribution in [3.8, 4) is 11.5 Å².